The third-order valence-electron chi connectivity index (χ3n) is 4.09. The molecule has 140 valence electrons. The van der Waals surface area contributed by atoms with Crippen molar-refractivity contribution >= 4 is 17.5 Å². The number of ether oxygens (including phenoxy) is 1. The van der Waals surface area contributed by atoms with E-state index in [4.69, 9.17) is 16.3 Å². The van der Waals surface area contributed by atoms with Gasteiger partial charge in [0.2, 0.25) is 0 Å². The monoisotopic (exact) mass is 386 g/mol. The van der Waals surface area contributed by atoms with Crippen LogP contribution >= 0.6 is 11.6 Å². The zero-order chi connectivity index (χ0) is 19.4. The highest BCUT2D eigenvalue weighted by Crippen LogP contribution is 2.19. The fourth-order valence-corrected chi connectivity index (χ4v) is 2.82. The maximum Gasteiger partial charge on any atom is 0.345 e. The van der Waals surface area contributed by atoms with Crippen molar-refractivity contribution in [3.8, 4) is 17.1 Å². The number of nitrogens with one attached hydrogen (secondary N) is 1. The summed E-state index contributed by atoms with van der Waals surface area (Å²) in [7, 11) is 3.26. The number of carbonyl (C=O) groups is 1. The molecule has 1 amide bonds. The molecule has 0 atom stereocenters. The first-order chi connectivity index (χ1) is 13.0. The normalized spacial score (nSPS) is 10.6. The highest BCUT2D eigenvalue weighted by atomic mass is 35.5. The SMILES string of the molecule is COc1ccc(-c2nn(CCNC(=O)c3cccc(Cl)c3)c(=O)n2C)cc1. The van der Waals surface area contributed by atoms with Gasteiger partial charge in [0.25, 0.3) is 5.91 Å². The fraction of sp³-hybridized carbons (Fsp3) is 0.211. The Morgan fingerprint density at radius 2 is 1.96 bits per heavy atom. The van der Waals surface area contributed by atoms with Gasteiger partial charge >= 0.3 is 5.69 Å². The smallest absolute Gasteiger partial charge is 0.345 e. The van der Waals surface area contributed by atoms with E-state index in [9.17, 15) is 9.59 Å². The summed E-state index contributed by atoms with van der Waals surface area (Å²) in [5.41, 5.74) is 1.02. The molecule has 0 unspecified atom stereocenters. The Morgan fingerprint density at radius 1 is 1.22 bits per heavy atom. The van der Waals surface area contributed by atoms with Crippen molar-refractivity contribution in [2.45, 2.75) is 6.54 Å². The van der Waals surface area contributed by atoms with Crippen LogP contribution in [0.5, 0.6) is 5.75 Å². The lowest BCUT2D eigenvalue weighted by molar-refractivity contribution is 0.0952. The molecule has 27 heavy (non-hydrogen) atoms. The largest absolute Gasteiger partial charge is 0.497 e. The molecule has 2 aromatic carbocycles. The van der Waals surface area contributed by atoms with Gasteiger partial charge in [-0.1, -0.05) is 17.7 Å². The summed E-state index contributed by atoms with van der Waals surface area (Å²) in [4.78, 5) is 24.5. The zero-order valence-corrected chi connectivity index (χ0v) is 15.7. The number of methoxy groups -OCH3 is 1. The van der Waals surface area contributed by atoms with E-state index in [1.165, 1.54) is 9.25 Å². The second-order valence-corrected chi connectivity index (χ2v) is 6.32. The number of rotatable bonds is 6. The zero-order valence-electron chi connectivity index (χ0n) is 15.0. The first kappa shape index (κ1) is 18.7. The minimum atomic E-state index is -0.253. The number of hydrogen-bond donors (Lipinski definition) is 1. The minimum Gasteiger partial charge on any atom is -0.497 e. The van der Waals surface area contributed by atoms with Crippen LogP contribution in [0.2, 0.25) is 5.02 Å². The van der Waals surface area contributed by atoms with Crippen LogP contribution in [0, 0.1) is 0 Å². The molecule has 1 aromatic heterocycles. The van der Waals surface area contributed by atoms with E-state index >= 15 is 0 Å². The van der Waals surface area contributed by atoms with Gasteiger partial charge in [-0.05, 0) is 42.5 Å². The van der Waals surface area contributed by atoms with Crippen molar-refractivity contribution in [1.82, 2.24) is 19.7 Å². The van der Waals surface area contributed by atoms with Crippen molar-refractivity contribution in [1.29, 1.82) is 0 Å². The number of amides is 1. The van der Waals surface area contributed by atoms with E-state index in [0.717, 1.165) is 11.3 Å². The maximum absolute atomic E-state index is 12.4. The van der Waals surface area contributed by atoms with Crippen LogP contribution in [0.4, 0.5) is 0 Å². The van der Waals surface area contributed by atoms with E-state index in [1.54, 1.807) is 38.4 Å². The molecule has 0 aliphatic carbocycles. The quantitative estimate of drug-likeness (QED) is 0.705. The second-order valence-electron chi connectivity index (χ2n) is 5.88. The molecule has 0 aliphatic rings. The van der Waals surface area contributed by atoms with Crippen molar-refractivity contribution in [3.05, 3.63) is 69.6 Å². The molecule has 1 N–H and O–H groups in total. The van der Waals surface area contributed by atoms with Crippen LogP contribution in [0.3, 0.4) is 0 Å². The average Bonchev–Trinajstić information content (AvgIpc) is 2.96. The fourth-order valence-electron chi connectivity index (χ4n) is 2.63. The lowest BCUT2D eigenvalue weighted by Crippen LogP contribution is -2.31. The second kappa shape index (κ2) is 8.09. The van der Waals surface area contributed by atoms with E-state index in [-0.39, 0.29) is 24.7 Å². The number of halogens is 1. The first-order valence-electron chi connectivity index (χ1n) is 8.31. The van der Waals surface area contributed by atoms with Gasteiger partial charge in [-0.2, -0.15) is 0 Å². The molecule has 1 heterocycles. The van der Waals surface area contributed by atoms with Crippen LogP contribution in [0.25, 0.3) is 11.4 Å². The summed E-state index contributed by atoms with van der Waals surface area (Å²) in [6.45, 7) is 0.527. The Morgan fingerprint density at radius 3 is 2.63 bits per heavy atom. The van der Waals surface area contributed by atoms with Crippen LogP contribution in [-0.4, -0.2) is 33.9 Å². The predicted molar refractivity (Wildman–Crippen MR) is 103 cm³/mol. The van der Waals surface area contributed by atoms with Crippen molar-refractivity contribution < 1.29 is 9.53 Å². The molecular formula is C19H19ClN4O3. The number of aromatic nitrogens is 3. The number of hydrogen-bond acceptors (Lipinski definition) is 4. The molecule has 8 heteroatoms. The Kier molecular flexibility index (Phi) is 5.61. The standard InChI is InChI=1S/C19H19ClN4O3/c1-23-17(13-6-8-16(27-2)9-7-13)22-24(19(23)26)11-10-21-18(25)14-4-3-5-15(20)12-14/h3-9,12H,10-11H2,1-2H3,(H,21,25). The summed E-state index contributed by atoms with van der Waals surface area (Å²) in [6, 6.07) is 14.0. The predicted octanol–water partition coefficient (Wildman–Crippen LogP) is 2.34. The first-order valence-corrected chi connectivity index (χ1v) is 8.69. The number of nitrogens with zero attached hydrogens (tertiary/aromatic N) is 3. The molecule has 3 aromatic rings. The van der Waals surface area contributed by atoms with Crippen LogP contribution in [0.15, 0.2) is 53.3 Å². The summed E-state index contributed by atoms with van der Waals surface area (Å²) in [5, 5.41) is 7.63. The number of carbonyl (C=O) groups excluding carboxylic acids is 1. The lowest BCUT2D eigenvalue weighted by Gasteiger charge is -2.05. The number of benzene rings is 2. The highest BCUT2D eigenvalue weighted by molar-refractivity contribution is 6.30. The molecule has 0 spiro atoms. The van der Waals surface area contributed by atoms with Gasteiger partial charge in [0, 0.05) is 29.7 Å². The lowest BCUT2D eigenvalue weighted by atomic mass is 10.2. The van der Waals surface area contributed by atoms with Gasteiger partial charge in [-0.25, -0.2) is 9.48 Å². The van der Waals surface area contributed by atoms with Gasteiger partial charge in [-0.3, -0.25) is 9.36 Å². The van der Waals surface area contributed by atoms with Gasteiger partial charge in [-0.15, -0.1) is 5.10 Å². The Bertz CT molecular complexity index is 1010. The Hall–Kier alpha value is -3.06. The summed E-state index contributed by atoms with van der Waals surface area (Å²) in [5.74, 6) is 1.02. The molecule has 7 nitrogen and oxygen atoms in total. The van der Waals surface area contributed by atoms with Crippen LogP contribution in [-0.2, 0) is 13.6 Å². The summed E-state index contributed by atoms with van der Waals surface area (Å²) in [6.07, 6.45) is 0. The third kappa shape index (κ3) is 4.20. The van der Waals surface area contributed by atoms with E-state index in [2.05, 4.69) is 10.4 Å². The molecular weight excluding hydrogens is 368 g/mol. The van der Waals surface area contributed by atoms with E-state index in [0.29, 0.717) is 16.4 Å². The molecule has 0 saturated carbocycles. The molecule has 0 radical (unpaired) electrons. The topological polar surface area (TPSA) is 78.2 Å². The minimum absolute atomic E-state index is 0.252. The van der Waals surface area contributed by atoms with Crippen LogP contribution < -0.4 is 15.7 Å². The molecule has 0 fully saturated rings. The Labute approximate surface area is 161 Å². The summed E-state index contributed by atoms with van der Waals surface area (Å²) >= 11 is 5.89. The average molecular weight is 387 g/mol. The maximum atomic E-state index is 12.4. The van der Waals surface area contributed by atoms with E-state index < -0.39 is 0 Å². The third-order valence-corrected chi connectivity index (χ3v) is 4.32. The summed E-state index contributed by atoms with van der Waals surface area (Å²) < 4.78 is 7.94. The van der Waals surface area contributed by atoms with Gasteiger partial charge in [0.15, 0.2) is 5.82 Å². The molecule has 0 saturated heterocycles. The van der Waals surface area contributed by atoms with Gasteiger partial charge in [0.05, 0.1) is 13.7 Å². The van der Waals surface area contributed by atoms with Crippen molar-refractivity contribution in [2.24, 2.45) is 7.05 Å². The highest BCUT2D eigenvalue weighted by Gasteiger charge is 2.13. The van der Waals surface area contributed by atoms with Crippen molar-refractivity contribution in [2.75, 3.05) is 13.7 Å². The molecule has 0 bridgehead atoms. The van der Waals surface area contributed by atoms with Gasteiger partial charge < -0.3 is 10.1 Å². The van der Waals surface area contributed by atoms with Crippen molar-refractivity contribution in [3.63, 3.8) is 0 Å². The molecule has 3 rings (SSSR count). The van der Waals surface area contributed by atoms with Crippen LogP contribution in [0.1, 0.15) is 10.4 Å². The van der Waals surface area contributed by atoms with Gasteiger partial charge in [0.1, 0.15) is 5.75 Å². The Balaban J connectivity index is 1.69. The molecule has 0 aliphatic heterocycles. The van der Waals surface area contributed by atoms with E-state index in [1.807, 2.05) is 24.3 Å².